The standard InChI is InChI=1S/C25H21FN2O2/c26-18-14-13-16(15-23(18)30-17-7-2-1-3-8-17)25-24-21(11-6-12-22(24)29)27-19-9-4-5-10-20(19)28-25/h1-5,7-10,13-15,25,27-28H,6,11-12H2/t25-/m0/s1. The van der Waals surface area contributed by atoms with E-state index in [4.69, 9.17) is 4.74 Å². The average molecular weight is 400 g/mol. The van der Waals surface area contributed by atoms with Gasteiger partial charge in [-0.1, -0.05) is 36.4 Å². The molecule has 0 saturated heterocycles. The van der Waals surface area contributed by atoms with E-state index in [2.05, 4.69) is 10.6 Å². The number of Topliss-reactive ketones (excluding diaryl/α,β-unsaturated/α-hetero) is 1. The van der Waals surface area contributed by atoms with E-state index >= 15 is 0 Å². The lowest BCUT2D eigenvalue weighted by atomic mass is 9.86. The quantitative estimate of drug-likeness (QED) is 0.549. The number of benzene rings is 3. The molecule has 2 N–H and O–H groups in total. The minimum Gasteiger partial charge on any atom is -0.454 e. The molecule has 1 heterocycles. The molecule has 0 fully saturated rings. The first-order chi connectivity index (χ1) is 14.7. The summed E-state index contributed by atoms with van der Waals surface area (Å²) < 4.78 is 20.3. The Balaban J connectivity index is 1.59. The SMILES string of the molecule is O=C1CCCC2=C1[C@H](c1ccc(F)c(Oc3ccccc3)c1)Nc1ccccc1N2. The molecule has 0 aromatic heterocycles. The summed E-state index contributed by atoms with van der Waals surface area (Å²) in [7, 11) is 0. The second-order valence-electron chi connectivity index (χ2n) is 7.52. The monoisotopic (exact) mass is 400 g/mol. The van der Waals surface area contributed by atoms with Crippen LogP contribution in [0.1, 0.15) is 30.9 Å². The molecule has 5 rings (SSSR count). The van der Waals surface area contributed by atoms with Crippen LogP contribution >= 0.6 is 0 Å². The fraction of sp³-hybridized carbons (Fsp3) is 0.160. The van der Waals surface area contributed by atoms with Gasteiger partial charge in [0.1, 0.15) is 5.75 Å². The molecule has 3 aromatic carbocycles. The zero-order chi connectivity index (χ0) is 20.5. The van der Waals surface area contributed by atoms with E-state index in [0.29, 0.717) is 12.2 Å². The maximum absolute atomic E-state index is 14.5. The van der Waals surface area contributed by atoms with Gasteiger partial charge in [-0.25, -0.2) is 4.39 Å². The largest absolute Gasteiger partial charge is 0.454 e. The lowest BCUT2D eigenvalue weighted by Crippen LogP contribution is -2.23. The molecule has 0 amide bonds. The van der Waals surface area contributed by atoms with Gasteiger partial charge < -0.3 is 15.4 Å². The Morgan fingerprint density at radius 3 is 2.50 bits per heavy atom. The van der Waals surface area contributed by atoms with Crippen molar-refractivity contribution in [2.75, 3.05) is 10.6 Å². The van der Waals surface area contributed by atoms with Gasteiger partial charge in [0.2, 0.25) is 0 Å². The molecular formula is C25H21FN2O2. The van der Waals surface area contributed by atoms with E-state index in [-0.39, 0.29) is 17.6 Å². The van der Waals surface area contributed by atoms with E-state index in [1.165, 1.54) is 6.07 Å². The third-order valence-corrected chi connectivity index (χ3v) is 5.52. The van der Waals surface area contributed by atoms with E-state index in [0.717, 1.165) is 41.1 Å². The zero-order valence-corrected chi connectivity index (χ0v) is 16.3. The van der Waals surface area contributed by atoms with Crippen molar-refractivity contribution in [3.63, 3.8) is 0 Å². The molecule has 5 heteroatoms. The van der Waals surface area contributed by atoms with Gasteiger partial charge in [-0.2, -0.15) is 0 Å². The number of rotatable bonds is 3. The maximum Gasteiger partial charge on any atom is 0.165 e. The van der Waals surface area contributed by atoms with Crippen LogP contribution in [0.2, 0.25) is 0 Å². The van der Waals surface area contributed by atoms with Gasteiger partial charge in [0.15, 0.2) is 17.3 Å². The smallest absolute Gasteiger partial charge is 0.165 e. The Morgan fingerprint density at radius 2 is 1.67 bits per heavy atom. The Hall–Kier alpha value is -3.60. The third-order valence-electron chi connectivity index (χ3n) is 5.52. The number of halogens is 1. The topological polar surface area (TPSA) is 50.4 Å². The summed E-state index contributed by atoms with van der Waals surface area (Å²) in [6, 6.07) is 21.4. The van der Waals surface area contributed by atoms with Crippen molar-refractivity contribution in [1.29, 1.82) is 0 Å². The van der Waals surface area contributed by atoms with Crippen LogP contribution in [0.4, 0.5) is 15.8 Å². The highest BCUT2D eigenvalue weighted by molar-refractivity contribution is 6.00. The van der Waals surface area contributed by atoms with Gasteiger partial charge in [-0.3, -0.25) is 4.79 Å². The Bertz CT molecular complexity index is 1140. The molecule has 1 aliphatic carbocycles. The summed E-state index contributed by atoms with van der Waals surface area (Å²) in [5.41, 5.74) is 4.27. The molecule has 150 valence electrons. The van der Waals surface area contributed by atoms with Gasteiger partial charge in [0.25, 0.3) is 0 Å². The van der Waals surface area contributed by atoms with Crippen molar-refractivity contribution in [3.8, 4) is 11.5 Å². The summed E-state index contributed by atoms with van der Waals surface area (Å²) in [6.07, 6.45) is 2.15. The number of carbonyl (C=O) groups is 1. The van der Waals surface area contributed by atoms with Crippen molar-refractivity contribution in [1.82, 2.24) is 0 Å². The Labute approximate surface area is 174 Å². The number of ketones is 1. The Kier molecular flexibility index (Phi) is 4.71. The minimum absolute atomic E-state index is 0.115. The fourth-order valence-electron chi connectivity index (χ4n) is 4.08. The number of carbonyl (C=O) groups excluding carboxylic acids is 1. The summed E-state index contributed by atoms with van der Waals surface area (Å²) >= 11 is 0. The van der Waals surface area contributed by atoms with E-state index < -0.39 is 5.82 Å². The van der Waals surface area contributed by atoms with Crippen molar-refractivity contribution in [3.05, 3.63) is 95.4 Å². The summed E-state index contributed by atoms with van der Waals surface area (Å²) in [4.78, 5) is 12.9. The molecule has 3 aromatic rings. The van der Waals surface area contributed by atoms with Crippen molar-refractivity contribution < 1.29 is 13.9 Å². The number of allylic oxidation sites excluding steroid dienone is 1. The third kappa shape index (κ3) is 3.43. The molecule has 0 spiro atoms. The molecule has 0 unspecified atom stereocenters. The van der Waals surface area contributed by atoms with Crippen molar-refractivity contribution in [2.24, 2.45) is 0 Å². The van der Waals surface area contributed by atoms with Gasteiger partial charge in [-0.15, -0.1) is 0 Å². The van der Waals surface area contributed by atoms with E-state index in [1.54, 1.807) is 24.3 Å². The number of para-hydroxylation sites is 3. The molecule has 0 saturated carbocycles. The molecule has 30 heavy (non-hydrogen) atoms. The van der Waals surface area contributed by atoms with Crippen LogP contribution in [-0.2, 0) is 4.79 Å². The maximum atomic E-state index is 14.5. The van der Waals surface area contributed by atoms with Crippen LogP contribution in [0.25, 0.3) is 0 Å². The van der Waals surface area contributed by atoms with Gasteiger partial charge in [0, 0.05) is 17.7 Å². The summed E-state index contributed by atoms with van der Waals surface area (Å²) in [5.74, 6) is 0.363. The summed E-state index contributed by atoms with van der Waals surface area (Å²) in [5, 5.41) is 6.95. The predicted molar refractivity (Wildman–Crippen MR) is 115 cm³/mol. The summed E-state index contributed by atoms with van der Waals surface area (Å²) in [6.45, 7) is 0. The van der Waals surface area contributed by atoms with Crippen LogP contribution in [-0.4, -0.2) is 5.78 Å². The molecular weight excluding hydrogens is 379 g/mol. The van der Waals surface area contributed by atoms with E-state index in [1.807, 2.05) is 42.5 Å². The number of ether oxygens (including phenoxy) is 1. The first kappa shape index (κ1) is 18.4. The first-order valence-corrected chi connectivity index (χ1v) is 10.1. The van der Waals surface area contributed by atoms with Gasteiger partial charge in [-0.05, 0) is 54.8 Å². The van der Waals surface area contributed by atoms with E-state index in [9.17, 15) is 9.18 Å². The van der Waals surface area contributed by atoms with Crippen LogP contribution in [0.15, 0.2) is 84.1 Å². The van der Waals surface area contributed by atoms with Crippen molar-refractivity contribution >= 4 is 17.2 Å². The van der Waals surface area contributed by atoms with Crippen LogP contribution < -0.4 is 15.4 Å². The zero-order valence-electron chi connectivity index (χ0n) is 16.3. The highest BCUT2D eigenvalue weighted by Crippen LogP contribution is 2.41. The lowest BCUT2D eigenvalue weighted by Gasteiger charge is -2.25. The second-order valence-corrected chi connectivity index (χ2v) is 7.52. The lowest BCUT2D eigenvalue weighted by molar-refractivity contribution is -0.116. The van der Waals surface area contributed by atoms with Gasteiger partial charge >= 0.3 is 0 Å². The number of fused-ring (bicyclic) bond motifs is 1. The molecule has 4 nitrogen and oxygen atoms in total. The van der Waals surface area contributed by atoms with Gasteiger partial charge in [0.05, 0.1) is 17.4 Å². The highest BCUT2D eigenvalue weighted by atomic mass is 19.1. The van der Waals surface area contributed by atoms with Crippen molar-refractivity contribution in [2.45, 2.75) is 25.3 Å². The second kappa shape index (κ2) is 7.67. The number of anilines is 2. The van der Waals surface area contributed by atoms with Crippen LogP contribution in [0, 0.1) is 5.82 Å². The van der Waals surface area contributed by atoms with Crippen LogP contribution in [0.3, 0.4) is 0 Å². The minimum atomic E-state index is -0.445. The molecule has 2 aliphatic rings. The number of hydrogen-bond acceptors (Lipinski definition) is 4. The number of nitrogens with one attached hydrogen (secondary N) is 2. The predicted octanol–water partition coefficient (Wildman–Crippen LogP) is 6.20. The molecule has 0 bridgehead atoms. The average Bonchev–Trinajstić information content (AvgIpc) is 2.93. The molecule has 1 atom stereocenters. The normalized spacial score (nSPS) is 17.9. The molecule has 0 radical (unpaired) electrons. The first-order valence-electron chi connectivity index (χ1n) is 10.1. The molecule has 1 aliphatic heterocycles. The Morgan fingerprint density at radius 1 is 0.900 bits per heavy atom. The fourth-order valence-corrected chi connectivity index (χ4v) is 4.08. The number of hydrogen-bond donors (Lipinski definition) is 2. The van der Waals surface area contributed by atoms with Crippen LogP contribution in [0.5, 0.6) is 11.5 Å². The highest BCUT2D eigenvalue weighted by Gasteiger charge is 2.32.